The van der Waals surface area contributed by atoms with Gasteiger partial charge in [-0.3, -0.25) is 0 Å². The molecule has 1 atom stereocenters. The molecule has 0 saturated carbocycles. The molecule has 2 aromatic carbocycles. The van der Waals surface area contributed by atoms with Gasteiger partial charge in [-0.05, 0) is 22.4 Å². The lowest BCUT2D eigenvalue weighted by Crippen LogP contribution is -2.35. The SMILES string of the molecule is COCCN1C(=O)N=C(N)C1c1ccc2ccccc2c1. The Morgan fingerprint density at radius 3 is 2.76 bits per heavy atom. The third-order valence-electron chi connectivity index (χ3n) is 3.69. The summed E-state index contributed by atoms with van der Waals surface area (Å²) in [5, 5.41) is 2.28. The molecule has 0 fully saturated rings. The molecule has 0 saturated heterocycles. The summed E-state index contributed by atoms with van der Waals surface area (Å²) in [5.74, 6) is 0.339. The monoisotopic (exact) mass is 283 g/mol. The molecule has 0 aromatic heterocycles. The van der Waals surface area contributed by atoms with Crippen molar-refractivity contribution in [2.24, 2.45) is 10.7 Å². The minimum Gasteiger partial charge on any atom is -0.385 e. The Morgan fingerprint density at radius 1 is 1.24 bits per heavy atom. The van der Waals surface area contributed by atoms with Crippen LogP contribution >= 0.6 is 0 Å². The van der Waals surface area contributed by atoms with Gasteiger partial charge >= 0.3 is 6.03 Å². The fourth-order valence-electron chi connectivity index (χ4n) is 2.65. The average Bonchev–Trinajstić information content (AvgIpc) is 2.78. The van der Waals surface area contributed by atoms with Crippen LogP contribution < -0.4 is 5.73 Å². The van der Waals surface area contributed by atoms with Gasteiger partial charge in [-0.15, -0.1) is 0 Å². The van der Waals surface area contributed by atoms with Crippen molar-refractivity contribution < 1.29 is 9.53 Å². The summed E-state index contributed by atoms with van der Waals surface area (Å²) >= 11 is 0. The second kappa shape index (κ2) is 5.54. The van der Waals surface area contributed by atoms with E-state index in [1.807, 2.05) is 30.3 Å². The predicted octanol–water partition coefficient (Wildman–Crippen LogP) is 2.32. The molecule has 2 aromatic rings. The third-order valence-corrected chi connectivity index (χ3v) is 3.69. The highest BCUT2D eigenvalue weighted by atomic mass is 16.5. The van der Waals surface area contributed by atoms with Crippen molar-refractivity contribution in [1.82, 2.24) is 4.90 Å². The lowest BCUT2D eigenvalue weighted by atomic mass is 10.0. The summed E-state index contributed by atoms with van der Waals surface area (Å²) in [6.45, 7) is 0.926. The highest BCUT2D eigenvalue weighted by Gasteiger charge is 2.34. The summed E-state index contributed by atoms with van der Waals surface area (Å²) in [4.78, 5) is 17.5. The Kier molecular flexibility index (Phi) is 3.58. The molecular formula is C16H17N3O2. The summed E-state index contributed by atoms with van der Waals surface area (Å²) < 4.78 is 5.06. The molecule has 3 rings (SSSR count). The zero-order valence-electron chi connectivity index (χ0n) is 11.8. The van der Waals surface area contributed by atoms with E-state index >= 15 is 0 Å². The number of aliphatic imine (C=N–C) groups is 1. The molecule has 2 N–H and O–H groups in total. The van der Waals surface area contributed by atoms with Crippen molar-refractivity contribution in [2.75, 3.05) is 20.3 Å². The Morgan fingerprint density at radius 2 is 2.00 bits per heavy atom. The van der Waals surface area contributed by atoms with Crippen molar-refractivity contribution in [1.29, 1.82) is 0 Å². The number of hydrogen-bond acceptors (Lipinski definition) is 3. The molecule has 1 aliphatic rings. The molecule has 1 aliphatic heterocycles. The third kappa shape index (κ3) is 2.48. The molecule has 21 heavy (non-hydrogen) atoms. The van der Waals surface area contributed by atoms with Gasteiger partial charge in [-0.25, -0.2) is 4.79 Å². The van der Waals surface area contributed by atoms with Gasteiger partial charge in [0.15, 0.2) is 0 Å². The van der Waals surface area contributed by atoms with Crippen molar-refractivity contribution in [3.8, 4) is 0 Å². The number of carbonyl (C=O) groups is 1. The first kappa shape index (κ1) is 13.6. The fourth-order valence-corrected chi connectivity index (χ4v) is 2.65. The van der Waals surface area contributed by atoms with Gasteiger partial charge in [0.05, 0.1) is 6.61 Å². The molecule has 1 heterocycles. The van der Waals surface area contributed by atoms with Crippen LogP contribution in [0.15, 0.2) is 47.5 Å². The summed E-state index contributed by atoms with van der Waals surface area (Å²) in [7, 11) is 1.61. The minimum atomic E-state index is -0.308. The molecule has 0 bridgehead atoms. The minimum absolute atomic E-state index is 0.303. The predicted molar refractivity (Wildman–Crippen MR) is 82.3 cm³/mol. The van der Waals surface area contributed by atoms with E-state index in [-0.39, 0.29) is 12.1 Å². The molecule has 108 valence electrons. The zero-order chi connectivity index (χ0) is 14.8. The molecule has 0 aliphatic carbocycles. The summed E-state index contributed by atoms with van der Waals surface area (Å²) in [6.07, 6.45) is 0. The Balaban J connectivity index is 1.98. The molecule has 1 unspecified atom stereocenters. The van der Waals surface area contributed by atoms with Gasteiger partial charge in [-0.1, -0.05) is 36.4 Å². The molecule has 0 radical (unpaired) electrons. The van der Waals surface area contributed by atoms with Crippen LogP contribution in [0.4, 0.5) is 4.79 Å². The number of methoxy groups -OCH3 is 1. The smallest absolute Gasteiger partial charge is 0.346 e. The first-order valence-electron chi connectivity index (χ1n) is 6.83. The average molecular weight is 283 g/mol. The maximum atomic E-state index is 11.9. The summed E-state index contributed by atoms with van der Waals surface area (Å²) in [6, 6.07) is 13.6. The van der Waals surface area contributed by atoms with Crippen LogP contribution in [-0.4, -0.2) is 37.0 Å². The largest absolute Gasteiger partial charge is 0.385 e. The van der Waals surface area contributed by atoms with Crippen molar-refractivity contribution in [3.05, 3.63) is 48.0 Å². The second-order valence-electron chi connectivity index (χ2n) is 5.01. The van der Waals surface area contributed by atoms with Crippen LogP contribution in [0.3, 0.4) is 0 Å². The number of urea groups is 1. The maximum absolute atomic E-state index is 11.9. The number of rotatable bonds is 4. The van der Waals surface area contributed by atoms with E-state index in [1.165, 1.54) is 0 Å². The quantitative estimate of drug-likeness (QED) is 0.936. The molecule has 5 heteroatoms. The number of amidine groups is 1. The number of nitrogens with two attached hydrogens (primary N) is 1. The standard InChI is InChI=1S/C16H17N3O2/c1-21-9-8-19-14(15(17)18-16(19)20)13-7-6-11-4-2-3-5-12(11)10-13/h2-7,10,14H,8-9H2,1H3,(H2,17,18,20). The van der Waals surface area contributed by atoms with E-state index < -0.39 is 0 Å². The Labute approximate surface area is 123 Å². The van der Waals surface area contributed by atoms with Crippen LogP contribution in [0.25, 0.3) is 10.8 Å². The van der Waals surface area contributed by atoms with Crippen LogP contribution in [0.2, 0.25) is 0 Å². The Bertz CT molecular complexity index is 711. The number of fused-ring (bicyclic) bond motifs is 1. The lowest BCUT2D eigenvalue weighted by molar-refractivity contribution is 0.150. The second-order valence-corrected chi connectivity index (χ2v) is 5.01. The van der Waals surface area contributed by atoms with Gasteiger partial charge in [0.2, 0.25) is 0 Å². The molecular weight excluding hydrogens is 266 g/mol. The van der Waals surface area contributed by atoms with Gasteiger partial charge < -0.3 is 15.4 Å². The van der Waals surface area contributed by atoms with Gasteiger partial charge in [0.25, 0.3) is 0 Å². The number of hydrogen-bond donors (Lipinski definition) is 1. The first-order chi connectivity index (χ1) is 10.2. The van der Waals surface area contributed by atoms with Crippen LogP contribution in [-0.2, 0) is 4.74 Å². The van der Waals surface area contributed by atoms with E-state index in [0.29, 0.717) is 19.0 Å². The molecule has 5 nitrogen and oxygen atoms in total. The fraction of sp³-hybridized carbons (Fsp3) is 0.250. The van der Waals surface area contributed by atoms with E-state index in [9.17, 15) is 4.79 Å². The maximum Gasteiger partial charge on any atom is 0.346 e. The van der Waals surface area contributed by atoms with E-state index in [1.54, 1.807) is 12.0 Å². The molecule has 0 spiro atoms. The number of carbonyl (C=O) groups excluding carboxylic acids is 1. The number of ether oxygens (including phenoxy) is 1. The van der Waals surface area contributed by atoms with Crippen LogP contribution in [0.1, 0.15) is 11.6 Å². The van der Waals surface area contributed by atoms with Crippen molar-refractivity contribution >= 4 is 22.6 Å². The van der Waals surface area contributed by atoms with E-state index in [2.05, 4.69) is 17.1 Å². The van der Waals surface area contributed by atoms with E-state index in [0.717, 1.165) is 16.3 Å². The normalized spacial score (nSPS) is 18.3. The van der Waals surface area contributed by atoms with Gasteiger partial charge in [0, 0.05) is 13.7 Å². The summed E-state index contributed by atoms with van der Waals surface area (Å²) in [5.41, 5.74) is 6.92. The molecule has 2 amide bonds. The Hall–Kier alpha value is -2.40. The topological polar surface area (TPSA) is 67.9 Å². The van der Waals surface area contributed by atoms with Crippen molar-refractivity contribution in [3.63, 3.8) is 0 Å². The number of benzene rings is 2. The van der Waals surface area contributed by atoms with Crippen LogP contribution in [0.5, 0.6) is 0 Å². The van der Waals surface area contributed by atoms with Gasteiger partial charge in [-0.2, -0.15) is 4.99 Å². The van der Waals surface area contributed by atoms with Crippen LogP contribution in [0, 0.1) is 0 Å². The highest BCUT2D eigenvalue weighted by Crippen LogP contribution is 2.29. The van der Waals surface area contributed by atoms with E-state index in [4.69, 9.17) is 10.5 Å². The van der Waals surface area contributed by atoms with Gasteiger partial charge in [0.1, 0.15) is 11.9 Å². The zero-order valence-corrected chi connectivity index (χ0v) is 11.8. The first-order valence-corrected chi connectivity index (χ1v) is 6.83. The van der Waals surface area contributed by atoms with Crippen molar-refractivity contribution in [2.45, 2.75) is 6.04 Å². The lowest BCUT2D eigenvalue weighted by Gasteiger charge is -2.24. The highest BCUT2D eigenvalue weighted by molar-refractivity contribution is 6.03. The number of nitrogens with zero attached hydrogens (tertiary/aromatic N) is 2. The number of amides is 2.